The maximum Gasteiger partial charge on any atom is 0.411 e. The number of ether oxygens (including phenoxy) is 1. The van der Waals surface area contributed by atoms with Crippen molar-refractivity contribution in [1.82, 2.24) is 4.90 Å². The molecule has 1 atom stereocenters. The summed E-state index contributed by atoms with van der Waals surface area (Å²) in [6.07, 6.45) is -0.674. The van der Waals surface area contributed by atoms with Crippen molar-refractivity contribution in [3.8, 4) is 0 Å². The van der Waals surface area contributed by atoms with Gasteiger partial charge in [-0.05, 0) is 59.2 Å². The highest BCUT2D eigenvalue weighted by Crippen LogP contribution is 2.33. The molecule has 0 bridgehead atoms. The van der Waals surface area contributed by atoms with Crippen LogP contribution in [0.1, 0.15) is 47.1 Å². The third-order valence-electron chi connectivity index (χ3n) is 3.41. The first kappa shape index (κ1) is 19.3. The van der Waals surface area contributed by atoms with Gasteiger partial charge in [-0.15, -0.1) is 0 Å². The van der Waals surface area contributed by atoms with Gasteiger partial charge in [-0.3, -0.25) is 4.90 Å². The van der Waals surface area contributed by atoms with Gasteiger partial charge < -0.3 is 9.84 Å². The van der Waals surface area contributed by atoms with E-state index in [2.05, 4.69) is 0 Å². The van der Waals surface area contributed by atoms with E-state index in [0.717, 1.165) is 0 Å². The molecule has 0 unspecified atom stereocenters. The minimum Gasteiger partial charge on any atom is -0.479 e. The largest absolute Gasteiger partial charge is 0.479 e. The van der Waals surface area contributed by atoms with Gasteiger partial charge in [0.2, 0.25) is 0 Å². The van der Waals surface area contributed by atoms with E-state index in [4.69, 9.17) is 16.3 Å². The second-order valence-electron chi connectivity index (χ2n) is 6.83. The molecule has 23 heavy (non-hydrogen) atoms. The number of carbonyl (C=O) groups excluding carboxylic acids is 1. The Morgan fingerprint density at radius 3 is 1.96 bits per heavy atom. The molecule has 1 aromatic rings. The smallest absolute Gasteiger partial charge is 0.411 e. The maximum atomic E-state index is 12.6. The summed E-state index contributed by atoms with van der Waals surface area (Å²) < 4.78 is 5.40. The van der Waals surface area contributed by atoms with Gasteiger partial charge in [-0.1, -0.05) is 23.7 Å². The highest BCUT2D eigenvalue weighted by molar-refractivity contribution is 6.30. The topological polar surface area (TPSA) is 66.8 Å². The number of benzene rings is 1. The van der Waals surface area contributed by atoms with Crippen LogP contribution in [0.2, 0.25) is 5.02 Å². The van der Waals surface area contributed by atoms with Gasteiger partial charge in [0, 0.05) is 11.1 Å². The molecule has 1 rings (SSSR count). The fraction of sp³-hybridized carbons (Fsp3) is 0.529. The number of carbonyl (C=O) groups is 2. The molecule has 0 saturated carbocycles. The van der Waals surface area contributed by atoms with Crippen molar-refractivity contribution in [3.63, 3.8) is 0 Å². The lowest BCUT2D eigenvalue weighted by Gasteiger charge is -2.41. The molecule has 0 aromatic heterocycles. The Balaban J connectivity index is 3.40. The van der Waals surface area contributed by atoms with Crippen LogP contribution in [-0.2, 0) is 15.1 Å². The molecule has 0 saturated heterocycles. The average molecular weight is 342 g/mol. The summed E-state index contributed by atoms with van der Waals surface area (Å²) in [5.41, 5.74) is -1.83. The van der Waals surface area contributed by atoms with E-state index >= 15 is 0 Å². The zero-order valence-corrected chi connectivity index (χ0v) is 15.1. The maximum absolute atomic E-state index is 12.6. The summed E-state index contributed by atoms with van der Waals surface area (Å²) >= 11 is 5.88. The molecule has 0 radical (unpaired) electrons. The first-order chi connectivity index (χ1) is 10.4. The zero-order valence-electron chi connectivity index (χ0n) is 14.4. The zero-order chi connectivity index (χ0) is 18.0. The number of carboxylic acid groups (broad SMARTS) is 1. The lowest BCUT2D eigenvalue weighted by molar-refractivity contribution is -0.152. The third kappa shape index (κ3) is 4.38. The fourth-order valence-electron chi connectivity index (χ4n) is 2.36. The van der Waals surface area contributed by atoms with Gasteiger partial charge in [-0.25, -0.2) is 9.59 Å². The van der Waals surface area contributed by atoms with Crippen molar-refractivity contribution in [3.05, 3.63) is 34.9 Å². The van der Waals surface area contributed by atoms with Crippen molar-refractivity contribution in [1.29, 1.82) is 0 Å². The fourth-order valence-corrected chi connectivity index (χ4v) is 2.49. The molecule has 1 N–H and O–H groups in total. The number of carboxylic acids is 1. The number of aliphatic carboxylic acids is 1. The lowest BCUT2D eigenvalue weighted by Crippen LogP contribution is -2.56. The van der Waals surface area contributed by atoms with Crippen molar-refractivity contribution >= 4 is 23.7 Å². The number of amides is 1. The normalized spacial score (nSPS) is 14.3. The van der Waals surface area contributed by atoms with Crippen LogP contribution in [0.4, 0.5) is 4.79 Å². The molecule has 5 nitrogen and oxygen atoms in total. The molecule has 0 aliphatic carbocycles. The van der Waals surface area contributed by atoms with Crippen molar-refractivity contribution in [2.45, 2.75) is 58.7 Å². The first-order valence-corrected chi connectivity index (χ1v) is 7.79. The quantitative estimate of drug-likeness (QED) is 0.887. The summed E-state index contributed by atoms with van der Waals surface area (Å²) in [4.78, 5) is 25.9. The Bertz CT molecular complexity index is 577. The number of rotatable bonds is 4. The first-order valence-electron chi connectivity index (χ1n) is 7.41. The highest BCUT2D eigenvalue weighted by atomic mass is 35.5. The second-order valence-corrected chi connectivity index (χ2v) is 7.26. The van der Waals surface area contributed by atoms with E-state index in [9.17, 15) is 14.7 Å². The summed E-state index contributed by atoms with van der Waals surface area (Å²) in [6, 6.07) is 6.05. The summed E-state index contributed by atoms with van der Waals surface area (Å²) in [6.45, 7) is 10.2. The van der Waals surface area contributed by atoms with Crippen molar-refractivity contribution in [2.75, 3.05) is 0 Å². The molecule has 1 amide bonds. The lowest BCUT2D eigenvalue weighted by atomic mass is 9.89. The molecule has 6 heteroatoms. The Morgan fingerprint density at radius 1 is 1.13 bits per heavy atom. The van der Waals surface area contributed by atoms with Crippen molar-refractivity contribution < 1.29 is 19.4 Å². The van der Waals surface area contributed by atoms with Crippen LogP contribution in [0.25, 0.3) is 0 Å². The van der Waals surface area contributed by atoms with Gasteiger partial charge in [0.15, 0.2) is 5.54 Å². The van der Waals surface area contributed by atoms with Crippen LogP contribution < -0.4 is 0 Å². The van der Waals surface area contributed by atoms with Gasteiger partial charge >= 0.3 is 12.1 Å². The van der Waals surface area contributed by atoms with Crippen LogP contribution in [-0.4, -0.2) is 33.7 Å². The molecule has 0 aliphatic heterocycles. The number of hydrogen-bond acceptors (Lipinski definition) is 3. The monoisotopic (exact) mass is 341 g/mol. The van der Waals surface area contributed by atoms with Gasteiger partial charge in [0.25, 0.3) is 0 Å². The van der Waals surface area contributed by atoms with Crippen LogP contribution in [0.3, 0.4) is 0 Å². The number of nitrogens with zero attached hydrogens (tertiary/aromatic N) is 1. The van der Waals surface area contributed by atoms with E-state index in [0.29, 0.717) is 10.6 Å². The predicted octanol–water partition coefficient (Wildman–Crippen LogP) is 4.29. The minimum atomic E-state index is -1.57. The average Bonchev–Trinajstić information content (AvgIpc) is 2.36. The SMILES string of the molecule is CC(C)N(C(=O)OC(C)(C)C)[C@](C)(C(=O)O)c1ccc(Cl)cc1. The highest BCUT2D eigenvalue weighted by Gasteiger charge is 2.47. The molecule has 1 aromatic carbocycles. The summed E-state index contributed by atoms with van der Waals surface area (Å²) in [5, 5.41) is 10.3. The van der Waals surface area contributed by atoms with Crippen LogP contribution in [0.15, 0.2) is 24.3 Å². The minimum absolute atomic E-state index is 0.373. The standard InChI is InChI=1S/C17H24ClNO4/c1-11(2)19(15(22)23-16(3,4)5)17(6,14(20)21)12-7-9-13(18)10-8-12/h7-11H,1-6H3,(H,20,21)/t17-/m0/s1. The van der Waals surface area contributed by atoms with E-state index in [1.165, 1.54) is 11.8 Å². The van der Waals surface area contributed by atoms with Gasteiger partial charge in [-0.2, -0.15) is 0 Å². The van der Waals surface area contributed by atoms with Crippen LogP contribution in [0.5, 0.6) is 0 Å². The second kappa shape index (κ2) is 6.79. The van der Waals surface area contributed by atoms with Gasteiger partial charge in [0.05, 0.1) is 0 Å². The molecular formula is C17H24ClNO4. The number of halogens is 1. The van der Waals surface area contributed by atoms with E-state index in [1.807, 2.05) is 0 Å². The molecular weight excluding hydrogens is 318 g/mol. The predicted molar refractivity (Wildman–Crippen MR) is 89.6 cm³/mol. The molecule has 0 aliphatic rings. The Kier molecular flexibility index (Phi) is 5.69. The molecule has 128 valence electrons. The van der Waals surface area contributed by atoms with Crippen molar-refractivity contribution in [2.24, 2.45) is 0 Å². The summed E-state index contributed by atoms with van der Waals surface area (Å²) in [5.74, 6) is -1.14. The summed E-state index contributed by atoms with van der Waals surface area (Å²) in [7, 11) is 0. The van der Waals surface area contributed by atoms with E-state index in [-0.39, 0.29) is 6.04 Å². The Hall–Kier alpha value is -1.75. The van der Waals surface area contributed by atoms with Crippen LogP contribution in [0, 0.1) is 0 Å². The van der Waals surface area contributed by atoms with E-state index in [1.54, 1.807) is 58.9 Å². The molecule has 0 spiro atoms. The van der Waals surface area contributed by atoms with Crippen LogP contribution >= 0.6 is 11.6 Å². The Morgan fingerprint density at radius 2 is 1.61 bits per heavy atom. The van der Waals surface area contributed by atoms with Gasteiger partial charge in [0.1, 0.15) is 5.60 Å². The molecule has 0 heterocycles. The van der Waals surface area contributed by atoms with E-state index < -0.39 is 23.2 Å². The Labute approximate surface area is 142 Å². The third-order valence-corrected chi connectivity index (χ3v) is 3.66. The number of hydrogen-bond donors (Lipinski definition) is 1. The molecule has 0 fully saturated rings.